The van der Waals surface area contributed by atoms with Crippen LogP contribution in [0.2, 0.25) is 0 Å². The highest BCUT2D eigenvalue weighted by Gasteiger charge is 2.42. The minimum absolute atomic E-state index is 0.0672. The van der Waals surface area contributed by atoms with E-state index in [1.807, 2.05) is 30.3 Å². The summed E-state index contributed by atoms with van der Waals surface area (Å²) in [4.78, 5) is 37.9. The van der Waals surface area contributed by atoms with Gasteiger partial charge in [0.2, 0.25) is 0 Å². The SMILES string of the molecule is COc1cc(COC(=O)Nc2cc(OCc3ccccc3)c(OC)cc2C(=O)[N+]2(CO)CCCC2)c([N+](=O)[O-])cc1OC. The van der Waals surface area contributed by atoms with Crippen molar-refractivity contribution in [1.82, 2.24) is 0 Å². The van der Waals surface area contributed by atoms with Crippen LogP contribution < -0.4 is 24.3 Å². The third-order valence-corrected chi connectivity index (χ3v) is 7.27. The van der Waals surface area contributed by atoms with Gasteiger partial charge in [0, 0.05) is 25.0 Å². The first kappa shape index (κ1) is 31.1. The van der Waals surface area contributed by atoms with Gasteiger partial charge in [-0.25, -0.2) is 14.1 Å². The maximum atomic E-state index is 13.8. The van der Waals surface area contributed by atoms with Crippen molar-refractivity contribution in [2.24, 2.45) is 0 Å². The lowest BCUT2D eigenvalue weighted by Gasteiger charge is -2.29. The number of quaternary nitrogens is 1. The zero-order valence-electron chi connectivity index (χ0n) is 24.2. The second-order valence-corrected chi connectivity index (χ2v) is 9.86. The predicted molar refractivity (Wildman–Crippen MR) is 154 cm³/mol. The third kappa shape index (κ3) is 6.96. The molecular weight excluding hydrogens is 562 g/mol. The number of carbonyl (C=O) groups is 2. The maximum absolute atomic E-state index is 13.8. The summed E-state index contributed by atoms with van der Waals surface area (Å²) in [5.74, 6) is 0.479. The number of benzene rings is 3. The molecule has 13 nitrogen and oxygen atoms in total. The topological polar surface area (TPSA) is 156 Å². The van der Waals surface area contributed by atoms with Gasteiger partial charge in [0.25, 0.3) is 5.69 Å². The number of likely N-dealkylation sites (tertiary alicyclic amines) is 1. The van der Waals surface area contributed by atoms with Crippen molar-refractivity contribution in [3.63, 3.8) is 0 Å². The minimum Gasteiger partial charge on any atom is -0.493 e. The molecule has 1 aliphatic heterocycles. The summed E-state index contributed by atoms with van der Waals surface area (Å²) in [5, 5.41) is 24.4. The van der Waals surface area contributed by atoms with Gasteiger partial charge in [-0.15, -0.1) is 0 Å². The molecule has 3 aromatic rings. The van der Waals surface area contributed by atoms with E-state index in [4.69, 9.17) is 23.7 Å². The van der Waals surface area contributed by atoms with E-state index in [2.05, 4.69) is 5.32 Å². The van der Waals surface area contributed by atoms with Crippen LogP contribution in [0.3, 0.4) is 0 Å². The Labute approximate surface area is 248 Å². The molecule has 4 rings (SSSR count). The second kappa shape index (κ2) is 13.9. The molecule has 3 aromatic carbocycles. The Morgan fingerprint density at radius 1 is 0.907 bits per heavy atom. The first-order chi connectivity index (χ1) is 20.7. The summed E-state index contributed by atoms with van der Waals surface area (Å²) >= 11 is 0. The fourth-order valence-corrected chi connectivity index (χ4v) is 4.94. The van der Waals surface area contributed by atoms with Crippen molar-refractivity contribution in [2.75, 3.05) is 46.5 Å². The molecule has 1 fully saturated rings. The second-order valence-electron chi connectivity index (χ2n) is 9.86. The number of rotatable bonds is 12. The number of hydrogen-bond donors (Lipinski definition) is 2. The van der Waals surface area contributed by atoms with E-state index in [9.17, 15) is 24.8 Å². The monoisotopic (exact) mass is 596 g/mol. The maximum Gasteiger partial charge on any atom is 0.411 e. The average Bonchev–Trinajstić information content (AvgIpc) is 3.53. The van der Waals surface area contributed by atoms with E-state index in [0.29, 0.717) is 13.1 Å². The Bertz CT molecular complexity index is 1470. The first-order valence-electron chi connectivity index (χ1n) is 13.5. The van der Waals surface area contributed by atoms with Crippen LogP contribution in [0, 0.1) is 10.1 Å². The van der Waals surface area contributed by atoms with Gasteiger partial charge in [-0.05, 0) is 11.6 Å². The number of carbonyl (C=O) groups excluding carboxylic acids is 2. The number of nitro groups is 1. The summed E-state index contributed by atoms with van der Waals surface area (Å²) in [6.45, 7) is 0.192. The molecule has 0 bridgehead atoms. The number of methoxy groups -OCH3 is 3. The third-order valence-electron chi connectivity index (χ3n) is 7.27. The number of aliphatic hydroxyl groups excluding tert-OH is 1. The summed E-state index contributed by atoms with van der Waals surface area (Å²) in [7, 11) is 4.16. The van der Waals surface area contributed by atoms with Gasteiger partial charge < -0.3 is 28.8 Å². The Morgan fingerprint density at radius 3 is 2.14 bits per heavy atom. The molecule has 1 aliphatic rings. The lowest BCUT2D eigenvalue weighted by Crippen LogP contribution is -2.51. The molecular formula is C30H34N3O10+. The standard InChI is InChI=1S/C30H33N3O10/c1-39-25-13-21(24(32(37)38)16-27(25)41-3)18-43-30(36)31-23-15-28(42-17-20-9-5-4-6-10-20)26(40-2)14-22(23)29(35)33(19-34)11-7-8-12-33/h4-6,9-10,13-16,34H,7-8,11-12,17-19H2,1-3H3/p+1. The van der Waals surface area contributed by atoms with Crippen molar-refractivity contribution >= 4 is 23.4 Å². The Hall–Kier alpha value is -4.88. The van der Waals surface area contributed by atoms with E-state index in [-0.39, 0.29) is 56.6 Å². The van der Waals surface area contributed by atoms with Gasteiger partial charge in [0.05, 0.1) is 56.7 Å². The predicted octanol–water partition coefficient (Wildman–Crippen LogP) is 4.65. The molecule has 43 heavy (non-hydrogen) atoms. The highest BCUT2D eigenvalue weighted by atomic mass is 16.6. The molecule has 2 N–H and O–H groups in total. The highest BCUT2D eigenvalue weighted by molar-refractivity contribution is 6.00. The number of anilines is 1. The van der Waals surface area contributed by atoms with E-state index < -0.39 is 30.3 Å². The Balaban J connectivity index is 1.64. The number of nitrogens with zero attached hydrogens (tertiary/aromatic N) is 2. The highest BCUT2D eigenvalue weighted by Crippen LogP contribution is 2.38. The number of hydrogen-bond acceptors (Lipinski definition) is 10. The molecule has 0 radical (unpaired) electrons. The van der Waals surface area contributed by atoms with Crippen LogP contribution in [-0.2, 0) is 18.0 Å². The number of nitro benzene ring substituents is 1. The molecule has 2 amide bonds. The van der Waals surface area contributed by atoms with E-state index in [0.717, 1.165) is 18.4 Å². The summed E-state index contributed by atoms with van der Waals surface area (Å²) < 4.78 is 27.0. The van der Waals surface area contributed by atoms with Gasteiger partial charge in [-0.1, -0.05) is 30.3 Å². The summed E-state index contributed by atoms with van der Waals surface area (Å²) in [6, 6.07) is 14.9. The molecule has 228 valence electrons. The zero-order valence-corrected chi connectivity index (χ0v) is 24.2. The number of ether oxygens (including phenoxy) is 5. The first-order valence-corrected chi connectivity index (χ1v) is 13.5. The van der Waals surface area contributed by atoms with Gasteiger partial charge in [-0.3, -0.25) is 15.4 Å². The molecule has 1 saturated heterocycles. The molecule has 0 spiro atoms. The quantitative estimate of drug-likeness (QED) is 0.171. The summed E-state index contributed by atoms with van der Waals surface area (Å²) in [6.07, 6.45) is 0.544. The molecule has 1 heterocycles. The largest absolute Gasteiger partial charge is 0.493 e. The molecule has 0 unspecified atom stereocenters. The van der Waals surface area contributed by atoms with Gasteiger partial charge >= 0.3 is 12.0 Å². The van der Waals surface area contributed by atoms with Crippen molar-refractivity contribution in [3.8, 4) is 23.0 Å². The van der Waals surface area contributed by atoms with Crippen molar-refractivity contribution < 1.29 is 47.8 Å². The van der Waals surface area contributed by atoms with Crippen molar-refractivity contribution in [2.45, 2.75) is 26.1 Å². The molecule has 0 aromatic heterocycles. The van der Waals surface area contributed by atoms with Crippen molar-refractivity contribution in [3.05, 3.63) is 81.4 Å². The smallest absolute Gasteiger partial charge is 0.411 e. The molecule has 13 heteroatoms. The van der Waals surface area contributed by atoms with Crippen LogP contribution >= 0.6 is 0 Å². The molecule has 0 aliphatic carbocycles. The van der Waals surface area contributed by atoms with Crippen molar-refractivity contribution in [1.29, 1.82) is 0 Å². The average molecular weight is 597 g/mol. The van der Waals surface area contributed by atoms with Crippen LogP contribution in [0.4, 0.5) is 16.2 Å². The van der Waals surface area contributed by atoms with Crippen LogP contribution in [0.5, 0.6) is 23.0 Å². The molecule has 0 atom stereocenters. The lowest BCUT2D eigenvalue weighted by molar-refractivity contribution is -0.856. The lowest BCUT2D eigenvalue weighted by atomic mass is 10.1. The van der Waals surface area contributed by atoms with Gasteiger partial charge in [0.1, 0.15) is 18.8 Å². The number of nitrogens with one attached hydrogen (secondary N) is 1. The van der Waals surface area contributed by atoms with E-state index in [1.165, 1.54) is 45.6 Å². The number of aliphatic hydroxyl groups is 1. The van der Waals surface area contributed by atoms with E-state index >= 15 is 0 Å². The Morgan fingerprint density at radius 2 is 1.53 bits per heavy atom. The van der Waals surface area contributed by atoms with Gasteiger partial charge in [0.15, 0.2) is 29.7 Å². The zero-order chi connectivity index (χ0) is 31.0. The number of amides is 2. The van der Waals surface area contributed by atoms with E-state index in [1.54, 1.807) is 0 Å². The fraction of sp³-hybridized carbons (Fsp3) is 0.333. The van der Waals surface area contributed by atoms with Crippen LogP contribution in [0.1, 0.15) is 34.3 Å². The van der Waals surface area contributed by atoms with Crippen LogP contribution in [0.15, 0.2) is 54.6 Å². The summed E-state index contributed by atoms with van der Waals surface area (Å²) in [5.41, 5.74) is 0.785. The minimum atomic E-state index is -0.978. The fourth-order valence-electron chi connectivity index (χ4n) is 4.94. The van der Waals surface area contributed by atoms with Crippen LogP contribution in [0.25, 0.3) is 0 Å². The van der Waals surface area contributed by atoms with Gasteiger partial charge in [-0.2, -0.15) is 0 Å². The normalized spacial score (nSPS) is 13.6. The van der Waals surface area contributed by atoms with Crippen LogP contribution in [-0.4, -0.2) is 67.7 Å². The Kier molecular flexibility index (Phi) is 10.0. The molecule has 0 saturated carbocycles.